The molecular weight excluding hydrogens is 196 g/mol. The minimum Gasteiger partial charge on any atom is -0.480 e. The molecule has 0 bridgehead atoms. The topological polar surface area (TPSA) is 68.3 Å². The predicted octanol–water partition coefficient (Wildman–Crippen LogP) is 1.79. The molecular formula is C10H10N2O3. The number of carboxylic acid groups (broad SMARTS) is 1. The van der Waals surface area contributed by atoms with Gasteiger partial charge in [0.05, 0.1) is 18.7 Å². The van der Waals surface area contributed by atoms with Crippen molar-refractivity contribution in [2.75, 3.05) is 0 Å². The molecule has 2 heterocycles. The van der Waals surface area contributed by atoms with Gasteiger partial charge in [-0.2, -0.15) is 5.10 Å². The van der Waals surface area contributed by atoms with Crippen molar-refractivity contribution in [2.24, 2.45) is 0 Å². The number of hydrogen-bond acceptors (Lipinski definition) is 3. The third kappa shape index (κ3) is 1.76. The Labute approximate surface area is 85.9 Å². The summed E-state index contributed by atoms with van der Waals surface area (Å²) in [6, 6.07) is 1.14. The lowest BCUT2D eigenvalue weighted by atomic mass is 10.2. The third-order valence-electron chi connectivity index (χ3n) is 2.21. The molecule has 1 N–H and O–H groups in total. The molecule has 2 aromatic rings. The second-order valence-electron chi connectivity index (χ2n) is 3.24. The maximum Gasteiger partial charge on any atom is 0.328 e. The van der Waals surface area contributed by atoms with Crippen LogP contribution in [-0.4, -0.2) is 20.9 Å². The zero-order valence-corrected chi connectivity index (χ0v) is 8.12. The smallest absolute Gasteiger partial charge is 0.328 e. The predicted molar refractivity (Wildman–Crippen MR) is 52.3 cm³/mol. The molecule has 0 amide bonds. The monoisotopic (exact) mass is 206 g/mol. The molecule has 5 nitrogen and oxygen atoms in total. The summed E-state index contributed by atoms with van der Waals surface area (Å²) in [6.07, 6.45) is 6.45. The van der Waals surface area contributed by atoms with Gasteiger partial charge in [-0.25, -0.2) is 4.79 Å². The van der Waals surface area contributed by atoms with Gasteiger partial charge in [-0.1, -0.05) is 0 Å². The second kappa shape index (κ2) is 3.61. The van der Waals surface area contributed by atoms with Crippen molar-refractivity contribution < 1.29 is 14.3 Å². The fraction of sp³-hybridized carbons (Fsp3) is 0.200. The lowest BCUT2D eigenvalue weighted by molar-refractivity contribution is -0.140. The Balaban J connectivity index is 2.28. The quantitative estimate of drug-likeness (QED) is 0.831. The highest BCUT2D eigenvalue weighted by atomic mass is 16.4. The molecule has 2 rings (SSSR count). The fourth-order valence-electron chi connectivity index (χ4n) is 1.24. The number of carboxylic acids is 1. The standard InChI is InChI=1S/C10H10N2O3/c1-7(10(13)14)12-5-9(4-11-12)8-2-3-15-6-8/h2-7H,1H3,(H,13,14)/t7-/m0/s1. The summed E-state index contributed by atoms with van der Waals surface area (Å²) in [7, 11) is 0. The first-order valence-corrected chi connectivity index (χ1v) is 4.48. The van der Waals surface area contributed by atoms with Crippen molar-refractivity contribution in [2.45, 2.75) is 13.0 Å². The molecule has 0 fully saturated rings. The van der Waals surface area contributed by atoms with Gasteiger partial charge in [-0.05, 0) is 13.0 Å². The van der Waals surface area contributed by atoms with Crippen LogP contribution in [0, 0.1) is 0 Å². The molecule has 0 aliphatic rings. The third-order valence-corrected chi connectivity index (χ3v) is 2.21. The van der Waals surface area contributed by atoms with Crippen molar-refractivity contribution in [3.05, 3.63) is 31.0 Å². The summed E-state index contributed by atoms with van der Waals surface area (Å²) in [4.78, 5) is 10.7. The van der Waals surface area contributed by atoms with Crippen molar-refractivity contribution in [1.82, 2.24) is 9.78 Å². The molecule has 0 aliphatic heterocycles. The van der Waals surface area contributed by atoms with Gasteiger partial charge in [-0.15, -0.1) is 0 Å². The average molecular weight is 206 g/mol. The molecule has 0 radical (unpaired) electrons. The molecule has 0 spiro atoms. The summed E-state index contributed by atoms with van der Waals surface area (Å²) >= 11 is 0. The molecule has 0 aromatic carbocycles. The molecule has 5 heteroatoms. The number of nitrogens with zero attached hydrogens (tertiary/aromatic N) is 2. The average Bonchev–Trinajstić information content (AvgIpc) is 2.86. The minimum absolute atomic E-state index is 0.661. The fourth-order valence-corrected chi connectivity index (χ4v) is 1.24. The van der Waals surface area contributed by atoms with E-state index in [1.165, 1.54) is 4.68 Å². The van der Waals surface area contributed by atoms with Gasteiger partial charge >= 0.3 is 5.97 Å². The van der Waals surface area contributed by atoms with Crippen LogP contribution in [-0.2, 0) is 4.79 Å². The van der Waals surface area contributed by atoms with Crippen LogP contribution < -0.4 is 0 Å². The van der Waals surface area contributed by atoms with Crippen molar-refractivity contribution in [3.8, 4) is 11.1 Å². The van der Waals surface area contributed by atoms with E-state index in [-0.39, 0.29) is 0 Å². The van der Waals surface area contributed by atoms with Gasteiger partial charge in [0.2, 0.25) is 0 Å². The zero-order chi connectivity index (χ0) is 10.8. The Morgan fingerprint density at radius 1 is 1.60 bits per heavy atom. The number of aromatic nitrogens is 2. The van der Waals surface area contributed by atoms with Gasteiger partial charge < -0.3 is 9.52 Å². The summed E-state index contributed by atoms with van der Waals surface area (Å²) in [5, 5.41) is 12.8. The normalized spacial score (nSPS) is 12.6. The SMILES string of the molecule is C[C@@H](C(=O)O)n1cc(-c2ccoc2)cn1. The molecule has 0 saturated heterocycles. The van der Waals surface area contributed by atoms with Crippen LogP contribution in [0.2, 0.25) is 0 Å². The van der Waals surface area contributed by atoms with Gasteiger partial charge in [-0.3, -0.25) is 4.68 Å². The highest BCUT2D eigenvalue weighted by Gasteiger charge is 2.14. The molecule has 1 atom stereocenters. The Bertz CT molecular complexity index is 459. The van der Waals surface area contributed by atoms with Crippen LogP contribution in [0.1, 0.15) is 13.0 Å². The minimum atomic E-state index is -0.906. The molecule has 78 valence electrons. The van der Waals surface area contributed by atoms with E-state index in [4.69, 9.17) is 9.52 Å². The Morgan fingerprint density at radius 2 is 2.40 bits per heavy atom. The van der Waals surface area contributed by atoms with Crippen LogP contribution in [0.25, 0.3) is 11.1 Å². The van der Waals surface area contributed by atoms with Crippen LogP contribution >= 0.6 is 0 Å². The maximum atomic E-state index is 10.7. The van der Waals surface area contributed by atoms with Crippen molar-refractivity contribution in [3.63, 3.8) is 0 Å². The van der Waals surface area contributed by atoms with Crippen molar-refractivity contribution in [1.29, 1.82) is 0 Å². The molecule has 0 saturated carbocycles. The van der Waals surface area contributed by atoms with Gasteiger partial charge in [0.15, 0.2) is 0 Å². The van der Waals surface area contributed by atoms with Crippen LogP contribution in [0.5, 0.6) is 0 Å². The summed E-state index contributed by atoms with van der Waals surface area (Å²) in [5.74, 6) is -0.906. The van der Waals surface area contributed by atoms with Crippen LogP contribution in [0.4, 0.5) is 0 Å². The van der Waals surface area contributed by atoms with E-state index in [1.807, 2.05) is 0 Å². The van der Waals surface area contributed by atoms with E-state index >= 15 is 0 Å². The largest absolute Gasteiger partial charge is 0.480 e. The Hall–Kier alpha value is -2.04. The van der Waals surface area contributed by atoms with E-state index in [0.29, 0.717) is 0 Å². The number of carbonyl (C=O) groups is 1. The van der Waals surface area contributed by atoms with E-state index in [9.17, 15) is 4.79 Å². The first-order chi connectivity index (χ1) is 7.18. The lowest BCUT2D eigenvalue weighted by Crippen LogP contribution is -2.15. The first-order valence-electron chi connectivity index (χ1n) is 4.48. The second-order valence-corrected chi connectivity index (χ2v) is 3.24. The van der Waals surface area contributed by atoms with Crippen LogP contribution in [0.15, 0.2) is 35.4 Å². The number of hydrogen-bond donors (Lipinski definition) is 1. The molecule has 0 aliphatic carbocycles. The number of aliphatic carboxylic acids is 1. The van der Waals surface area contributed by atoms with Gasteiger partial charge in [0, 0.05) is 17.3 Å². The van der Waals surface area contributed by atoms with E-state index in [2.05, 4.69) is 5.10 Å². The number of rotatable bonds is 3. The Kier molecular flexibility index (Phi) is 2.29. The van der Waals surface area contributed by atoms with E-state index in [1.54, 1.807) is 37.9 Å². The number of furan rings is 1. The highest BCUT2D eigenvalue weighted by Crippen LogP contribution is 2.20. The van der Waals surface area contributed by atoms with Crippen molar-refractivity contribution >= 4 is 5.97 Å². The molecule has 15 heavy (non-hydrogen) atoms. The lowest BCUT2D eigenvalue weighted by Gasteiger charge is -2.04. The zero-order valence-electron chi connectivity index (χ0n) is 8.12. The summed E-state index contributed by atoms with van der Waals surface area (Å²) < 4.78 is 6.34. The summed E-state index contributed by atoms with van der Waals surface area (Å²) in [6.45, 7) is 1.58. The van der Waals surface area contributed by atoms with Gasteiger partial charge in [0.1, 0.15) is 6.04 Å². The Morgan fingerprint density at radius 3 is 3.00 bits per heavy atom. The maximum absolute atomic E-state index is 10.7. The first kappa shape index (κ1) is 9.51. The highest BCUT2D eigenvalue weighted by molar-refractivity contribution is 5.71. The van der Waals surface area contributed by atoms with E-state index < -0.39 is 12.0 Å². The molecule has 2 aromatic heterocycles. The molecule has 0 unspecified atom stereocenters. The summed E-state index contributed by atoms with van der Waals surface area (Å²) in [5.41, 5.74) is 1.73. The van der Waals surface area contributed by atoms with Gasteiger partial charge in [0.25, 0.3) is 0 Å². The van der Waals surface area contributed by atoms with E-state index in [0.717, 1.165) is 11.1 Å². The van der Waals surface area contributed by atoms with Crippen LogP contribution in [0.3, 0.4) is 0 Å².